The zero-order valence-corrected chi connectivity index (χ0v) is 14.0. The maximum absolute atomic E-state index is 9.49. The summed E-state index contributed by atoms with van der Waals surface area (Å²) in [6.07, 6.45) is 3.55. The van der Waals surface area contributed by atoms with Crippen LogP contribution in [0.15, 0.2) is 36.7 Å². The second-order valence-electron chi connectivity index (χ2n) is 6.31. The number of aromatic nitrogens is 2. The Balaban J connectivity index is 1.38. The molecule has 2 aromatic rings. The van der Waals surface area contributed by atoms with Crippen LogP contribution in [0.3, 0.4) is 0 Å². The second kappa shape index (κ2) is 7.14. The Kier molecular flexibility index (Phi) is 4.56. The third kappa shape index (κ3) is 3.46. The van der Waals surface area contributed by atoms with E-state index in [1.807, 2.05) is 30.3 Å². The fraction of sp³-hybridized carbons (Fsp3) is 0.444. The van der Waals surface area contributed by atoms with Crippen molar-refractivity contribution in [3.05, 3.63) is 36.7 Å². The van der Waals surface area contributed by atoms with Crippen molar-refractivity contribution in [2.24, 2.45) is 0 Å². The molecule has 2 atom stereocenters. The molecule has 0 spiro atoms. The Morgan fingerprint density at radius 2 is 2.12 bits per heavy atom. The number of fused-ring (bicyclic) bond motifs is 1. The molecule has 25 heavy (non-hydrogen) atoms. The summed E-state index contributed by atoms with van der Waals surface area (Å²) < 4.78 is 11.7. The molecule has 7 nitrogen and oxygen atoms in total. The molecule has 2 aliphatic rings. The molecule has 3 heterocycles. The van der Waals surface area contributed by atoms with Gasteiger partial charge in [0.2, 0.25) is 0 Å². The van der Waals surface area contributed by atoms with Crippen LogP contribution in [-0.2, 0) is 0 Å². The predicted octanol–water partition coefficient (Wildman–Crippen LogP) is 1.69. The number of nitrogens with zero attached hydrogens (tertiary/aromatic N) is 3. The van der Waals surface area contributed by atoms with E-state index in [-0.39, 0.29) is 18.8 Å². The van der Waals surface area contributed by atoms with Crippen molar-refractivity contribution < 1.29 is 14.6 Å². The van der Waals surface area contributed by atoms with Gasteiger partial charge in [-0.3, -0.25) is 0 Å². The van der Waals surface area contributed by atoms with Crippen molar-refractivity contribution in [1.29, 1.82) is 0 Å². The first kappa shape index (κ1) is 16.0. The lowest BCUT2D eigenvalue weighted by molar-refractivity contribution is 0.0997. The molecule has 2 aliphatic heterocycles. The zero-order valence-electron chi connectivity index (χ0n) is 14.0. The molecule has 0 amide bonds. The Bertz CT molecular complexity index is 727. The lowest BCUT2D eigenvalue weighted by Crippen LogP contribution is -2.35. The van der Waals surface area contributed by atoms with Crippen molar-refractivity contribution in [2.75, 3.05) is 36.5 Å². The topological polar surface area (TPSA) is 79.7 Å². The van der Waals surface area contributed by atoms with E-state index < -0.39 is 0 Å². The van der Waals surface area contributed by atoms with Crippen molar-refractivity contribution >= 4 is 11.6 Å². The van der Waals surface area contributed by atoms with Crippen molar-refractivity contribution in [3.63, 3.8) is 0 Å². The first-order valence-electron chi connectivity index (χ1n) is 8.65. The number of aliphatic hydroxyl groups is 1. The highest BCUT2D eigenvalue weighted by molar-refractivity contribution is 5.50. The number of nitrogens with one attached hydrogen (secondary N) is 1. The summed E-state index contributed by atoms with van der Waals surface area (Å²) in [5, 5.41) is 12.8. The highest BCUT2D eigenvalue weighted by Crippen LogP contribution is 2.31. The van der Waals surface area contributed by atoms with Gasteiger partial charge in [0.1, 0.15) is 30.7 Å². The molecule has 1 fully saturated rings. The largest absolute Gasteiger partial charge is 0.486 e. The molecule has 1 aromatic heterocycles. The molecule has 1 aromatic carbocycles. The van der Waals surface area contributed by atoms with Crippen molar-refractivity contribution in [3.8, 4) is 11.5 Å². The molecule has 2 N–H and O–H groups in total. The zero-order chi connectivity index (χ0) is 17.1. The summed E-state index contributed by atoms with van der Waals surface area (Å²) in [7, 11) is 0. The fourth-order valence-corrected chi connectivity index (χ4v) is 3.31. The number of para-hydroxylation sites is 2. The molecule has 0 unspecified atom stereocenters. The average molecular weight is 342 g/mol. The van der Waals surface area contributed by atoms with Crippen molar-refractivity contribution in [1.82, 2.24) is 9.97 Å². The Morgan fingerprint density at radius 3 is 3.00 bits per heavy atom. The summed E-state index contributed by atoms with van der Waals surface area (Å²) in [5.41, 5.74) is 0. The predicted molar refractivity (Wildman–Crippen MR) is 94.3 cm³/mol. The van der Waals surface area contributed by atoms with E-state index in [0.717, 1.165) is 42.5 Å². The second-order valence-corrected chi connectivity index (χ2v) is 6.31. The number of hydrogen-bond acceptors (Lipinski definition) is 7. The van der Waals surface area contributed by atoms with Crippen LogP contribution in [0.1, 0.15) is 12.8 Å². The van der Waals surface area contributed by atoms with E-state index in [9.17, 15) is 5.11 Å². The number of rotatable bonds is 5. The van der Waals surface area contributed by atoms with Crippen LogP contribution in [0.4, 0.5) is 11.6 Å². The summed E-state index contributed by atoms with van der Waals surface area (Å²) in [5.74, 6) is 3.15. The van der Waals surface area contributed by atoms with Gasteiger partial charge in [-0.15, -0.1) is 0 Å². The van der Waals surface area contributed by atoms with Gasteiger partial charge in [0.25, 0.3) is 0 Å². The SMILES string of the molecule is OC[C@H]1CCCN1c1cc(NC[C@H]2COc3ccccc3O2)ncn1. The van der Waals surface area contributed by atoms with Crippen LogP contribution in [-0.4, -0.2) is 53.5 Å². The Labute approximate surface area is 146 Å². The van der Waals surface area contributed by atoms with Gasteiger partial charge in [-0.1, -0.05) is 12.1 Å². The van der Waals surface area contributed by atoms with E-state index in [2.05, 4.69) is 20.2 Å². The van der Waals surface area contributed by atoms with Crippen LogP contribution >= 0.6 is 0 Å². The summed E-state index contributed by atoms with van der Waals surface area (Å²) in [6, 6.07) is 9.75. The smallest absolute Gasteiger partial charge is 0.161 e. The van der Waals surface area contributed by atoms with E-state index in [1.54, 1.807) is 6.33 Å². The number of anilines is 2. The molecular formula is C18H22N4O3. The third-order valence-corrected chi connectivity index (χ3v) is 4.61. The standard InChI is InChI=1S/C18H22N4O3/c23-10-13-4-3-7-22(13)18-8-17(20-12-21-18)19-9-14-11-24-15-5-1-2-6-16(15)25-14/h1-2,5-6,8,12-14,23H,3-4,7,9-11H2,(H,19,20,21)/t13-,14+/m1/s1. The van der Waals surface area contributed by atoms with E-state index in [4.69, 9.17) is 9.47 Å². The molecular weight excluding hydrogens is 320 g/mol. The van der Waals surface area contributed by atoms with Crippen LogP contribution < -0.4 is 19.7 Å². The Morgan fingerprint density at radius 1 is 1.24 bits per heavy atom. The van der Waals surface area contributed by atoms with Crippen molar-refractivity contribution in [2.45, 2.75) is 25.0 Å². The number of aliphatic hydroxyl groups excluding tert-OH is 1. The molecule has 4 rings (SSSR count). The number of benzene rings is 1. The first-order valence-corrected chi connectivity index (χ1v) is 8.65. The summed E-state index contributed by atoms with van der Waals surface area (Å²) in [6.45, 7) is 2.16. The lowest BCUT2D eigenvalue weighted by Gasteiger charge is -2.27. The minimum absolute atomic E-state index is 0.0784. The maximum atomic E-state index is 9.49. The van der Waals surface area contributed by atoms with Gasteiger partial charge in [-0.2, -0.15) is 0 Å². The molecule has 0 radical (unpaired) electrons. The van der Waals surface area contributed by atoms with Crippen LogP contribution in [0, 0.1) is 0 Å². The summed E-state index contributed by atoms with van der Waals surface area (Å²) in [4.78, 5) is 10.8. The van der Waals surface area contributed by atoms with Gasteiger partial charge in [0, 0.05) is 12.6 Å². The monoisotopic (exact) mass is 342 g/mol. The van der Waals surface area contributed by atoms with E-state index in [1.165, 1.54) is 0 Å². The van der Waals surface area contributed by atoms with E-state index >= 15 is 0 Å². The van der Waals surface area contributed by atoms with Crippen LogP contribution in [0.25, 0.3) is 0 Å². The minimum atomic E-state index is -0.0784. The highest BCUT2D eigenvalue weighted by atomic mass is 16.6. The van der Waals surface area contributed by atoms with Gasteiger partial charge in [-0.25, -0.2) is 9.97 Å². The first-order chi connectivity index (χ1) is 12.3. The van der Waals surface area contributed by atoms with Crippen LogP contribution in [0.2, 0.25) is 0 Å². The third-order valence-electron chi connectivity index (χ3n) is 4.61. The molecule has 0 saturated carbocycles. The number of hydrogen-bond donors (Lipinski definition) is 2. The normalized spacial score (nSPS) is 22.0. The molecule has 132 valence electrons. The Hall–Kier alpha value is -2.54. The van der Waals surface area contributed by atoms with Gasteiger partial charge in [-0.05, 0) is 25.0 Å². The van der Waals surface area contributed by atoms with Gasteiger partial charge in [0.15, 0.2) is 11.5 Å². The van der Waals surface area contributed by atoms with Gasteiger partial charge >= 0.3 is 0 Å². The minimum Gasteiger partial charge on any atom is -0.486 e. The molecule has 0 bridgehead atoms. The fourth-order valence-electron chi connectivity index (χ4n) is 3.31. The van der Waals surface area contributed by atoms with Gasteiger partial charge in [0.05, 0.1) is 19.2 Å². The van der Waals surface area contributed by atoms with Crippen LogP contribution in [0.5, 0.6) is 11.5 Å². The lowest BCUT2D eigenvalue weighted by atomic mass is 10.2. The highest BCUT2D eigenvalue weighted by Gasteiger charge is 2.25. The molecule has 0 aliphatic carbocycles. The number of ether oxygens (including phenoxy) is 2. The molecule has 1 saturated heterocycles. The summed E-state index contributed by atoms with van der Waals surface area (Å²) >= 11 is 0. The average Bonchev–Trinajstić information content (AvgIpc) is 3.15. The molecule has 7 heteroatoms. The van der Waals surface area contributed by atoms with E-state index in [0.29, 0.717) is 13.2 Å². The maximum Gasteiger partial charge on any atom is 0.161 e. The van der Waals surface area contributed by atoms with Gasteiger partial charge < -0.3 is 24.8 Å². The quantitative estimate of drug-likeness (QED) is 0.856.